The van der Waals surface area contributed by atoms with E-state index in [1.807, 2.05) is 30.3 Å². The summed E-state index contributed by atoms with van der Waals surface area (Å²) >= 11 is 1.56. The maximum atomic E-state index is 5.57. The van der Waals surface area contributed by atoms with Gasteiger partial charge in [-0.25, -0.2) is 4.98 Å². The van der Waals surface area contributed by atoms with E-state index in [1.54, 1.807) is 30.2 Å². The summed E-state index contributed by atoms with van der Waals surface area (Å²) in [7, 11) is 0. The van der Waals surface area contributed by atoms with E-state index < -0.39 is 0 Å². The van der Waals surface area contributed by atoms with Crippen molar-refractivity contribution in [1.29, 1.82) is 0 Å². The Morgan fingerprint density at radius 3 is 2.82 bits per heavy atom. The van der Waals surface area contributed by atoms with Crippen molar-refractivity contribution in [3.8, 4) is 11.7 Å². The number of benzene rings is 1. The van der Waals surface area contributed by atoms with Crippen LogP contribution >= 0.6 is 11.8 Å². The minimum atomic E-state index is 0.395. The molecule has 4 aromatic rings. The molecule has 3 aromatic heterocycles. The summed E-state index contributed by atoms with van der Waals surface area (Å²) in [5.74, 6) is 2.09. The lowest BCUT2D eigenvalue weighted by Gasteiger charge is -2.00. The fourth-order valence-electron chi connectivity index (χ4n) is 2.08. The van der Waals surface area contributed by atoms with Crippen LogP contribution in [0.2, 0.25) is 0 Å². The summed E-state index contributed by atoms with van der Waals surface area (Å²) in [6.45, 7) is 0. The Morgan fingerprint density at radius 1 is 0.955 bits per heavy atom. The first-order valence-corrected chi connectivity index (χ1v) is 7.72. The van der Waals surface area contributed by atoms with E-state index in [2.05, 4.69) is 21.2 Å². The number of para-hydroxylation sites is 1. The van der Waals surface area contributed by atoms with Gasteiger partial charge in [-0.05, 0) is 24.3 Å². The molecule has 0 aliphatic carbocycles. The molecule has 22 heavy (non-hydrogen) atoms. The van der Waals surface area contributed by atoms with Crippen molar-refractivity contribution in [3.63, 3.8) is 0 Å². The number of pyridine rings is 1. The van der Waals surface area contributed by atoms with Crippen LogP contribution in [0, 0.1) is 0 Å². The summed E-state index contributed by atoms with van der Waals surface area (Å²) in [5, 5.41) is 10.1. The Kier molecular flexibility index (Phi) is 3.36. The van der Waals surface area contributed by atoms with Gasteiger partial charge in [0.05, 0.1) is 22.6 Å². The molecule has 108 valence electrons. The Labute approximate surface area is 130 Å². The molecule has 0 aliphatic rings. The van der Waals surface area contributed by atoms with Crippen molar-refractivity contribution in [1.82, 2.24) is 15.2 Å². The van der Waals surface area contributed by atoms with Gasteiger partial charge in [-0.3, -0.25) is 0 Å². The largest absolute Gasteiger partial charge is 0.459 e. The predicted octanol–water partition coefficient (Wildman–Crippen LogP) is 4.17. The molecule has 0 radical (unpaired) electrons. The van der Waals surface area contributed by atoms with Gasteiger partial charge in [0.1, 0.15) is 0 Å². The number of fused-ring (bicyclic) bond motifs is 1. The number of nitrogens with zero attached hydrogens (tertiary/aromatic N) is 3. The highest BCUT2D eigenvalue weighted by molar-refractivity contribution is 7.98. The first-order valence-electron chi connectivity index (χ1n) is 6.73. The molecule has 0 fully saturated rings. The summed E-state index contributed by atoms with van der Waals surface area (Å²) in [5.41, 5.74) is 0.981. The van der Waals surface area contributed by atoms with Crippen LogP contribution in [-0.4, -0.2) is 15.2 Å². The molecule has 0 saturated carbocycles. The van der Waals surface area contributed by atoms with E-state index in [0.717, 1.165) is 15.9 Å². The van der Waals surface area contributed by atoms with Gasteiger partial charge < -0.3 is 8.83 Å². The molecule has 1 aromatic carbocycles. The van der Waals surface area contributed by atoms with Crippen LogP contribution in [0.3, 0.4) is 0 Å². The highest BCUT2D eigenvalue weighted by atomic mass is 32.2. The maximum absolute atomic E-state index is 5.57. The lowest BCUT2D eigenvalue weighted by Crippen LogP contribution is -1.85. The molecule has 3 heterocycles. The number of furan rings is 1. The van der Waals surface area contributed by atoms with Crippen LogP contribution in [-0.2, 0) is 5.75 Å². The summed E-state index contributed by atoms with van der Waals surface area (Å²) < 4.78 is 10.8. The summed E-state index contributed by atoms with van der Waals surface area (Å²) in [6, 6.07) is 15.7. The van der Waals surface area contributed by atoms with Gasteiger partial charge in [0, 0.05) is 5.39 Å². The van der Waals surface area contributed by atoms with Gasteiger partial charge in [0.2, 0.25) is 5.89 Å². The number of hydrogen-bond acceptors (Lipinski definition) is 6. The molecule has 0 bridgehead atoms. The lowest BCUT2D eigenvalue weighted by molar-refractivity contribution is 0.494. The second-order valence-electron chi connectivity index (χ2n) is 4.61. The molecule has 5 nitrogen and oxygen atoms in total. The SMILES string of the molecule is c1coc(-c2nnc(CSc3ccc4ccccc4n3)o2)c1. The topological polar surface area (TPSA) is 65.0 Å². The predicted molar refractivity (Wildman–Crippen MR) is 83.3 cm³/mol. The summed E-state index contributed by atoms with van der Waals surface area (Å²) in [6.07, 6.45) is 1.58. The third-order valence-corrected chi connectivity index (χ3v) is 4.03. The average Bonchev–Trinajstić information content (AvgIpc) is 3.24. The fourth-order valence-corrected chi connectivity index (χ4v) is 2.79. The third kappa shape index (κ3) is 2.60. The van der Waals surface area contributed by atoms with Gasteiger partial charge in [0.15, 0.2) is 5.76 Å². The van der Waals surface area contributed by atoms with E-state index in [4.69, 9.17) is 8.83 Å². The Balaban J connectivity index is 1.49. The van der Waals surface area contributed by atoms with Gasteiger partial charge in [0.25, 0.3) is 5.89 Å². The average molecular weight is 309 g/mol. The molecule has 0 saturated heterocycles. The lowest BCUT2D eigenvalue weighted by atomic mass is 10.2. The molecule has 6 heteroatoms. The van der Waals surface area contributed by atoms with Crippen molar-refractivity contribution in [3.05, 3.63) is 60.7 Å². The first-order chi connectivity index (χ1) is 10.9. The van der Waals surface area contributed by atoms with E-state index in [1.165, 1.54) is 0 Å². The van der Waals surface area contributed by atoms with Crippen molar-refractivity contribution in [2.75, 3.05) is 0 Å². The Bertz CT molecular complexity index is 903. The molecule has 0 atom stereocenters. The Morgan fingerprint density at radius 2 is 1.91 bits per heavy atom. The molecule has 0 unspecified atom stereocenters. The van der Waals surface area contributed by atoms with Gasteiger partial charge in [-0.15, -0.1) is 10.2 Å². The van der Waals surface area contributed by atoms with Crippen molar-refractivity contribution >= 4 is 22.7 Å². The third-order valence-electron chi connectivity index (χ3n) is 3.12. The molecule has 0 aliphatic heterocycles. The second-order valence-corrected chi connectivity index (χ2v) is 5.60. The van der Waals surface area contributed by atoms with Crippen molar-refractivity contribution in [2.24, 2.45) is 0 Å². The standard InChI is InChI=1S/C16H11N3O2S/c1-2-5-12-11(4-1)7-8-15(17-12)22-10-14-18-19-16(21-14)13-6-3-9-20-13/h1-9H,10H2. The zero-order valence-corrected chi connectivity index (χ0v) is 12.3. The van der Waals surface area contributed by atoms with Crippen LogP contribution in [0.4, 0.5) is 0 Å². The van der Waals surface area contributed by atoms with Crippen LogP contribution in [0.15, 0.2) is 68.7 Å². The van der Waals surface area contributed by atoms with Gasteiger partial charge in [-0.1, -0.05) is 36.0 Å². The second kappa shape index (κ2) is 5.65. The fraction of sp³-hybridized carbons (Fsp3) is 0.0625. The number of rotatable bonds is 4. The molecular formula is C16H11N3O2S. The van der Waals surface area contributed by atoms with E-state index in [9.17, 15) is 0 Å². The molecule has 0 spiro atoms. The quantitative estimate of drug-likeness (QED) is 0.527. The maximum Gasteiger partial charge on any atom is 0.283 e. The minimum absolute atomic E-state index is 0.395. The van der Waals surface area contributed by atoms with Gasteiger partial charge in [-0.2, -0.15) is 0 Å². The smallest absolute Gasteiger partial charge is 0.283 e. The number of thioether (sulfide) groups is 1. The highest BCUT2D eigenvalue weighted by Crippen LogP contribution is 2.25. The molecular weight excluding hydrogens is 298 g/mol. The van der Waals surface area contributed by atoms with Crippen molar-refractivity contribution in [2.45, 2.75) is 10.8 Å². The minimum Gasteiger partial charge on any atom is -0.459 e. The first kappa shape index (κ1) is 13.1. The van der Waals surface area contributed by atoms with Crippen LogP contribution in [0.5, 0.6) is 0 Å². The molecule has 4 rings (SSSR count). The highest BCUT2D eigenvalue weighted by Gasteiger charge is 2.11. The number of hydrogen-bond donors (Lipinski definition) is 0. The molecule has 0 amide bonds. The Hall–Kier alpha value is -2.60. The van der Waals surface area contributed by atoms with E-state index in [-0.39, 0.29) is 0 Å². The van der Waals surface area contributed by atoms with Crippen LogP contribution in [0.1, 0.15) is 5.89 Å². The van der Waals surface area contributed by atoms with Gasteiger partial charge >= 0.3 is 0 Å². The summed E-state index contributed by atoms with van der Waals surface area (Å²) in [4.78, 5) is 4.60. The van der Waals surface area contributed by atoms with E-state index in [0.29, 0.717) is 23.3 Å². The number of aromatic nitrogens is 3. The zero-order valence-electron chi connectivity index (χ0n) is 11.5. The van der Waals surface area contributed by atoms with Crippen LogP contribution in [0.25, 0.3) is 22.6 Å². The zero-order chi connectivity index (χ0) is 14.8. The van der Waals surface area contributed by atoms with Crippen LogP contribution < -0.4 is 0 Å². The van der Waals surface area contributed by atoms with Crippen molar-refractivity contribution < 1.29 is 8.83 Å². The normalized spacial score (nSPS) is 11.1. The monoisotopic (exact) mass is 309 g/mol. The molecule has 0 N–H and O–H groups in total. The van der Waals surface area contributed by atoms with E-state index >= 15 is 0 Å².